The molecule has 0 bridgehead atoms. The molecule has 1 saturated heterocycles. The van der Waals surface area contributed by atoms with Gasteiger partial charge in [0.1, 0.15) is 0 Å². The fourth-order valence-corrected chi connectivity index (χ4v) is 1.29. The normalized spacial score (nSPS) is 25.4. The predicted octanol–water partition coefficient (Wildman–Crippen LogP) is 1.26. The standard InChI is InChI=1S/C8H15NO/c1-6(2)5-9-7(3)4-8(9)10/h6-7H,4-5H2,1-3H3. The Hall–Kier alpha value is -0.530. The molecule has 0 N–H and O–H groups in total. The van der Waals surface area contributed by atoms with Crippen molar-refractivity contribution in [2.24, 2.45) is 5.92 Å². The molecule has 2 nitrogen and oxygen atoms in total. The second-order valence-corrected chi connectivity index (χ2v) is 3.49. The molecule has 1 aliphatic heterocycles. The number of carbonyl (C=O) groups excluding carboxylic acids is 1. The molecule has 0 saturated carbocycles. The summed E-state index contributed by atoms with van der Waals surface area (Å²) in [5, 5.41) is 0. The van der Waals surface area contributed by atoms with Gasteiger partial charge in [0.2, 0.25) is 5.91 Å². The Morgan fingerprint density at radius 2 is 2.30 bits per heavy atom. The van der Waals surface area contributed by atoms with E-state index in [1.807, 2.05) is 4.90 Å². The highest BCUT2D eigenvalue weighted by Gasteiger charge is 2.31. The van der Waals surface area contributed by atoms with Crippen molar-refractivity contribution in [3.05, 3.63) is 0 Å². The highest BCUT2D eigenvalue weighted by molar-refractivity contribution is 5.82. The van der Waals surface area contributed by atoms with Crippen molar-refractivity contribution in [1.82, 2.24) is 4.90 Å². The van der Waals surface area contributed by atoms with E-state index in [9.17, 15) is 4.79 Å². The van der Waals surface area contributed by atoms with Gasteiger partial charge in [-0.25, -0.2) is 0 Å². The first kappa shape index (κ1) is 7.58. The van der Waals surface area contributed by atoms with Crippen LogP contribution in [0.2, 0.25) is 0 Å². The first-order chi connectivity index (χ1) is 4.61. The molecule has 10 heavy (non-hydrogen) atoms. The Kier molecular flexibility index (Phi) is 1.97. The van der Waals surface area contributed by atoms with Crippen molar-refractivity contribution in [2.75, 3.05) is 6.54 Å². The second kappa shape index (κ2) is 2.60. The molecule has 0 aromatic rings. The average molecular weight is 141 g/mol. The van der Waals surface area contributed by atoms with Crippen molar-refractivity contribution in [3.8, 4) is 0 Å². The number of amides is 1. The number of rotatable bonds is 2. The van der Waals surface area contributed by atoms with E-state index in [4.69, 9.17) is 0 Å². The molecular formula is C8H15NO. The van der Waals surface area contributed by atoms with Crippen LogP contribution in [0.4, 0.5) is 0 Å². The van der Waals surface area contributed by atoms with E-state index in [1.165, 1.54) is 0 Å². The number of likely N-dealkylation sites (tertiary alicyclic amines) is 1. The van der Waals surface area contributed by atoms with Gasteiger partial charge in [-0.05, 0) is 12.8 Å². The summed E-state index contributed by atoms with van der Waals surface area (Å²) < 4.78 is 0. The molecule has 0 aromatic heterocycles. The van der Waals surface area contributed by atoms with Crippen LogP contribution >= 0.6 is 0 Å². The Labute approximate surface area is 62.2 Å². The topological polar surface area (TPSA) is 20.3 Å². The zero-order valence-electron chi connectivity index (χ0n) is 6.92. The van der Waals surface area contributed by atoms with Gasteiger partial charge in [-0.15, -0.1) is 0 Å². The summed E-state index contributed by atoms with van der Waals surface area (Å²) in [5.41, 5.74) is 0. The minimum absolute atomic E-state index is 0.321. The smallest absolute Gasteiger partial charge is 0.224 e. The van der Waals surface area contributed by atoms with E-state index >= 15 is 0 Å². The summed E-state index contributed by atoms with van der Waals surface area (Å²) in [6, 6.07) is 0.495. The largest absolute Gasteiger partial charge is 0.339 e. The molecule has 1 heterocycles. The fraction of sp³-hybridized carbons (Fsp3) is 0.875. The van der Waals surface area contributed by atoms with Gasteiger partial charge in [-0.1, -0.05) is 13.8 Å². The van der Waals surface area contributed by atoms with Gasteiger partial charge in [-0.2, -0.15) is 0 Å². The van der Waals surface area contributed by atoms with E-state index in [1.54, 1.807) is 0 Å². The third-order valence-corrected chi connectivity index (χ3v) is 1.88. The van der Waals surface area contributed by atoms with Gasteiger partial charge < -0.3 is 4.90 Å². The fourth-order valence-electron chi connectivity index (χ4n) is 1.29. The lowest BCUT2D eigenvalue weighted by atomic mass is 10.0. The summed E-state index contributed by atoms with van der Waals surface area (Å²) in [6.45, 7) is 7.31. The van der Waals surface area contributed by atoms with Gasteiger partial charge >= 0.3 is 0 Å². The van der Waals surface area contributed by atoms with Crippen molar-refractivity contribution in [3.63, 3.8) is 0 Å². The summed E-state index contributed by atoms with van der Waals surface area (Å²) in [7, 11) is 0. The molecule has 1 fully saturated rings. The van der Waals surface area contributed by atoms with Crippen LogP contribution in [0, 0.1) is 5.92 Å². The van der Waals surface area contributed by atoms with E-state index in [2.05, 4.69) is 20.8 Å². The Morgan fingerprint density at radius 3 is 2.50 bits per heavy atom. The van der Waals surface area contributed by atoms with Crippen molar-refractivity contribution in [1.29, 1.82) is 0 Å². The zero-order chi connectivity index (χ0) is 7.72. The van der Waals surface area contributed by atoms with Crippen LogP contribution in [0.25, 0.3) is 0 Å². The molecule has 58 valence electrons. The van der Waals surface area contributed by atoms with Crippen LogP contribution in [0.1, 0.15) is 27.2 Å². The van der Waals surface area contributed by atoms with Crippen LogP contribution in [-0.2, 0) is 4.79 Å². The van der Waals surface area contributed by atoms with Gasteiger partial charge in [0, 0.05) is 19.0 Å². The lowest BCUT2D eigenvalue weighted by Crippen LogP contribution is -2.52. The summed E-state index contributed by atoms with van der Waals surface area (Å²) in [5.74, 6) is 0.924. The van der Waals surface area contributed by atoms with Crippen molar-refractivity contribution in [2.45, 2.75) is 33.2 Å². The number of hydrogen-bond acceptors (Lipinski definition) is 1. The van der Waals surface area contributed by atoms with Crippen LogP contribution in [-0.4, -0.2) is 23.4 Å². The van der Waals surface area contributed by atoms with E-state index in [-0.39, 0.29) is 0 Å². The van der Waals surface area contributed by atoms with Crippen LogP contribution < -0.4 is 0 Å². The third kappa shape index (κ3) is 1.31. The maximum absolute atomic E-state index is 10.9. The molecule has 1 unspecified atom stereocenters. The lowest BCUT2D eigenvalue weighted by molar-refractivity contribution is -0.145. The number of carbonyl (C=O) groups is 1. The van der Waals surface area contributed by atoms with Gasteiger partial charge in [0.05, 0.1) is 0 Å². The molecular weight excluding hydrogens is 126 g/mol. The first-order valence-corrected chi connectivity index (χ1v) is 3.90. The lowest BCUT2D eigenvalue weighted by Gasteiger charge is -2.39. The highest BCUT2D eigenvalue weighted by Crippen LogP contribution is 2.19. The maximum Gasteiger partial charge on any atom is 0.224 e. The zero-order valence-corrected chi connectivity index (χ0v) is 6.92. The average Bonchev–Trinajstić information content (AvgIpc) is 1.84. The van der Waals surface area contributed by atoms with E-state index < -0.39 is 0 Å². The molecule has 1 aliphatic rings. The van der Waals surface area contributed by atoms with Crippen LogP contribution in [0.5, 0.6) is 0 Å². The van der Waals surface area contributed by atoms with Crippen molar-refractivity contribution < 1.29 is 4.79 Å². The molecule has 2 heteroatoms. The SMILES string of the molecule is CC(C)CN1C(=O)CC1C. The highest BCUT2D eigenvalue weighted by atomic mass is 16.2. The minimum Gasteiger partial charge on any atom is -0.339 e. The maximum atomic E-state index is 10.9. The first-order valence-electron chi connectivity index (χ1n) is 3.90. The Morgan fingerprint density at radius 1 is 1.70 bits per heavy atom. The predicted molar refractivity (Wildman–Crippen MR) is 40.6 cm³/mol. The minimum atomic E-state index is 0.321. The molecule has 1 atom stereocenters. The summed E-state index contributed by atoms with van der Waals surface area (Å²) >= 11 is 0. The summed E-state index contributed by atoms with van der Waals surface area (Å²) in [6.07, 6.45) is 0.757. The van der Waals surface area contributed by atoms with E-state index in [0.29, 0.717) is 17.9 Å². The number of hydrogen-bond donors (Lipinski definition) is 0. The van der Waals surface area contributed by atoms with Gasteiger partial charge in [0.25, 0.3) is 0 Å². The van der Waals surface area contributed by atoms with Gasteiger partial charge in [0.15, 0.2) is 0 Å². The quantitative estimate of drug-likeness (QED) is 0.530. The molecule has 1 amide bonds. The number of β-lactam (4-membered cyclic amide) rings is 1. The number of nitrogens with zero attached hydrogens (tertiary/aromatic N) is 1. The Balaban J connectivity index is 2.33. The molecule has 0 aliphatic carbocycles. The van der Waals surface area contributed by atoms with Gasteiger partial charge in [-0.3, -0.25) is 4.79 Å². The van der Waals surface area contributed by atoms with Crippen molar-refractivity contribution >= 4 is 5.91 Å². The van der Waals surface area contributed by atoms with Crippen LogP contribution in [0.15, 0.2) is 0 Å². The third-order valence-electron chi connectivity index (χ3n) is 1.88. The molecule has 0 spiro atoms. The van der Waals surface area contributed by atoms with Crippen LogP contribution in [0.3, 0.4) is 0 Å². The molecule has 0 aromatic carbocycles. The summed E-state index contributed by atoms with van der Waals surface area (Å²) in [4.78, 5) is 12.9. The molecule has 0 radical (unpaired) electrons. The molecule has 1 rings (SSSR count). The Bertz CT molecular complexity index is 142. The second-order valence-electron chi connectivity index (χ2n) is 3.49. The van der Waals surface area contributed by atoms with E-state index in [0.717, 1.165) is 13.0 Å². The monoisotopic (exact) mass is 141 g/mol.